The molecule has 2 amide bonds. The molecule has 2 N–H and O–H groups in total. The maximum atomic E-state index is 12.1. The molecule has 0 bridgehead atoms. The molecule has 1 aliphatic rings. The molecule has 1 saturated heterocycles. The van der Waals surface area contributed by atoms with E-state index in [1.54, 1.807) is 0 Å². The summed E-state index contributed by atoms with van der Waals surface area (Å²) < 4.78 is 7.71. The van der Waals surface area contributed by atoms with E-state index in [0.717, 1.165) is 43.3 Å². The molecule has 25 heavy (non-hydrogen) atoms. The molecule has 0 spiro atoms. The average Bonchev–Trinajstić information content (AvgIpc) is 3.25. The number of hydrogen-bond donors (Lipinski definition) is 2. The molecule has 1 fully saturated rings. The van der Waals surface area contributed by atoms with Crippen LogP contribution >= 0.6 is 0 Å². The maximum Gasteiger partial charge on any atom is 0.313 e. The minimum Gasteiger partial charge on any atom is -0.376 e. The van der Waals surface area contributed by atoms with E-state index in [9.17, 15) is 9.59 Å². The van der Waals surface area contributed by atoms with E-state index >= 15 is 0 Å². The molecule has 2 atom stereocenters. The third-order valence-electron chi connectivity index (χ3n) is 4.58. The van der Waals surface area contributed by atoms with Crippen LogP contribution < -0.4 is 10.6 Å². The molecule has 6 heteroatoms. The fourth-order valence-corrected chi connectivity index (χ4v) is 3.26. The Labute approximate surface area is 147 Å². The van der Waals surface area contributed by atoms with E-state index in [0.29, 0.717) is 5.69 Å². The Hall–Kier alpha value is -2.34. The Morgan fingerprint density at radius 3 is 2.88 bits per heavy atom. The first-order chi connectivity index (χ1) is 12.1. The molecule has 0 saturated carbocycles. The number of amides is 2. The highest BCUT2D eigenvalue weighted by Crippen LogP contribution is 2.21. The quantitative estimate of drug-likeness (QED) is 0.820. The summed E-state index contributed by atoms with van der Waals surface area (Å²) in [6.07, 6.45) is 5.00. The minimum atomic E-state index is -0.655. The van der Waals surface area contributed by atoms with Crippen LogP contribution in [0.5, 0.6) is 0 Å². The summed E-state index contributed by atoms with van der Waals surface area (Å²) in [4.78, 5) is 24.2. The number of anilines is 1. The zero-order valence-electron chi connectivity index (χ0n) is 14.7. The zero-order chi connectivity index (χ0) is 17.8. The highest BCUT2D eigenvalue weighted by Gasteiger charge is 2.25. The van der Waals surface area contributed by atoms with Gasteiger partial charge in [0, 0.05) is 35.9 Å². The van der Waals surface area contributed by atoms with Gasteiger partial charge in [0.05, 0.1) is 12.1 Å². The number of aromatic nitrogens is 1. The van der Waals surface area contributed by atoms with Gasteiger partial charge >= 0.3 is 11.8 Å². The number of nitrogens with zero attached hydrogens (tertiary/aromatic N) is 1. The molecule has 3 rings (SSSR count). The fourth-order valence-electron chi connectivity index (χ4n) is 3.26. The molecule has 0 radical (unpaired) electrons. The molecule has 0 aliphatic carbocycles. The monoisotopic (exact) mass is 343 g/mol. The van der Waals surface area contributed by atoms with E-state index < -0.39 is 11.8 Å². The van der Waals surface area contributed by atoms with Crippen molar-refractivity contribution in [2.75, 3.05) is 11.9 Å². The van der Waals surface area contributed by atoms with Crippen LogP contribution in [0.15, 0.2) is 30.5 Å². The predicted octanol–water partition coefficient (Wildman–Crippen LogP) is 2.67. The molecule has 2 aromatic rings. The number of carbonyl (C=O) groups is 2. The lowest BCUT2D eigenvalue weighted by Gasteiger charge is -2.19. The topological polar surface area (TPSA) is 72.4 Å². The van der Waals surface area contributed by atoms with Gasteiger partial charge in [0.2, 0.25) is 0 Å². The summed E-state index contributed by atoms with van der Waals surface area (Å²) in [5.74, 6) is -1.29. The van der Waals surface area contributed by atoms with Gasteiger partial charge in [-0.15, -0.1) is 0 Å². The number of ether oxygens (including phenoxy) is 1. The summed E-state index contributed by atoms with van der Waals surface area (Å²) >= 11 is 0. The highest BCUT2D eigenvalue weighted by molar-refractivity contribution is 6.39. The Morgan fingerprint density at radius 1 is 1.32 bits per heavy atom. The van der Waals surface area contributed by atoms with E-state index in [1.807, 2.05) is 37.4 Å². The number of rotatable bonds is 5. The maximum absolute atomic E-state index is 12.1. The Kier molecular flexibility index (Phi) is 5.38. The van der Waals surface area contributed by atoms with Crippen LogP contribution in [0.3, 0.4) is 0 Å². The standard InChI is InChI=1S/C19H25N3O3/c1-3-9-22-10-8-14-12-15(6-7-16(14)22)21-19(24)18(23)20-13(2)17-5-4-11-25-17/h6-8,10,12-13,17H,3-5,9,11H2,1-2H3,(H,20,23)(H,21,24). The average molecular weight is 343 g/mol. The Balaban J connectivity index is 1.61. The molecule has 1 aromatic heterocycles. The number of nitrogens with one attached hydrogen (secondary N) is 2. The second-order valence-electron chi connectivity index (χ2n) is 6.55. The minimum absolute atomic E-state index is 0.00793. The van der Waals surface area contributed by atoms with Crippen LogP contribution in [0.25, 0.3) is 10.9 Å². The van der Waals surface area contributed by atoms with Crippen LogP contribution in [0, 0.1) is 0 Å². The van der Waals surface area contributed by atoms with E-state index in [4.69, 9.17) is 4.74 Å². The number of hydrogen-bond acceptors (Lipinski definition) is 3. The lowest BCUT2D eigenvalue weighted by molar-refractivity contribution is -0.137. The Bertz CT molecular complexity index is 762. The van der Waals surface area contributed by atoms with Gasteiger partial charge in [-0.1, -0.05) is 6.92 Å². The zero-order valence-corrected chi connectivity index (χ0v) is 14.7. The van der Waals surface area contributed by atoms with E-state index in [2.05, 4.69) is 22.1 Å². The molecule has 1 aromatic carbocycles. The first-order valence-corrected chi connectivity index (χ1v) is 8.91. The number of benzene rings is 1. The van der Waals surface area contributed by atoms with Gasteiger partial charge in [-0.3, -0.25) is 9.59 Å². The number of fused-ring (bicyclic) bond motifs is 1. The van der Waals surface area contributed by atoms with Crippen molar-refractivity contribution >= 4 is 28.4 Å². The lowest BCUT2D eigenvalue weighted by atomic mass is 10.1. The van der Waals surface area contributed by atoms with Crippen molar-refractivity contribution in [2.45, 2.75) is 51.8 Å². The van der Waals surface area contributed by atoms with Crippen LogP contribution in [0.4, 0.5) is 5.69 Å². The van der Waals surface area contributed by atoms with Gasteiger partial charge in [0.1, 0.15) is 0 Å². The van der Waals surface area contributed by atoms with Crippen molar-refractivity contribution in [3.63, 3.8) is 0 Å². The summed E-state index contributed by atoms with van der Waals surface area (Å²) in [7, 11) is 0. The summed E-state index contributed by atoms with van der Waals surface area (Å²) in [6.45, 7) is 5.67. The third-order valence-corrected chi connectivity index (χ3v) is 4.58. The first kappa shape index (κ1) is 17.5. The second kappa shape index (κ2) is 7.70. The van der Waals surface area contributed by atoms with E-state index in [-0.39, 0.29) is 12.1 Å². The second-order valence-corrected chi connectivity index (χ2v) is 6.55. The van der Waals surface area contributed by atoms with Gasteiger partial charge in [-0.25, -0.2) is 0 Å². The number of aryl methyl sites for hydroxylation is 1. The van der Waals surface area contributed by atoms with Crippen molar-refractivity contribution in [2.24, 2.45) is 0 Å². The van der Waals surface area contributed by atoms with Crippen molar-refractivity contribution in [1.29, 1.82) is 0 Å². The van der Waals surface area contributed by atoms with Gasteiger partial charge in [-0.2, -0.15) is 0 Å². The van der Waals surface area contributed by atoms with Crippen LogP contribution in [0.1, 0.15) is 33.1 Å². The number of carbonyl (C=O) groups excluding carboxylic acids is 2. The highest BCUT2D eigenvalue weighted by atomic mass is 16.5. The lowest BCUT2D eigenvalue weighted by Crippen LogP contribution is -2.45. The van der Waals surface area contributed by atoms with E-state index in [1.165, 1.54) is 0 Å². The summed E-state index contributed by atoms with van der Waals surface area (Å²) in [6, 6.07) is 7.51. The first-order valence-electron chi connectivity index (χ1n) is 8.91. The van der Waals surface area contributed by atoms with Crippen molar-refractivity contribution in [1.82, 2.24) is 9.88 Å². The van der Waals surface area contributed by atoms with Crippen molar-refractivity contribution < 1.29 is 14.3 Å². The summed E-state index contributed by atoms with van der Waals surface area (Å²) in [5, 5.41) is 6.43. The SMILES string of the molecule is CCCn1ccc2cc(NC(=O)C(=O)NC(C)C3CCCO3)ccc21. The third kappa shape index (κ3) is 4.02. The van der Waals surface area contributed by atoms with Crippen LogP contribution in [-0.2, 0) is 20.9 Å². The van der Waals surface area contributed by atoms with Crippen molar-refractivity contribution in [3.8, 4) is 0 Å². The largest absolute Gasteiger partial charge is 0.376 e. The predicted molar refractivity (Wildman–Crippen MR) is 97.4 cm³/mol. The molecule has 6 nitrogen and oxygen atoms in total. The van der Waals surface area contributed by atoms with Gasteiger partial charge in [0.25, 0.3) is 0 Å². The molecule has 1 aliphatic heterocycles. The Morgan fingerprint density at radius 2 is 2.16 bits per heavy atom. The van der Waals surface area contributed by atoms with Crippen LogP contribution in [0.2, 0.25) is 0 Å². The smallest absolute Gasteiger partial charge is 0.313 e. The van der Waals surface area contributed by atoms with Gasteiger partial charge in [0.15, 0.2) is 0 Å². The molecule has 2 unspecified atom stereocenters. The molecular weight excluding hydrogens is 318 g/mol. The van der Waals surface area contributed by atoms with Crippen LogP contribution in [-0.4, -0.2) is 35.1 Å². The molecular formula is C19H25N3O3. The normalized spacial score (nSPS) is 18.2. The van der Waals surface area contributed by atoms with Gasteiger partial charge in [-0.05, 0) is 50.5 Å². The van der Waals surface area contributed by atoms with Crippen molar-refractivity contribution in [3.05, 3.63) is 30.5 Å². The fraction of sp³-hybridized carbons (Fsp3) is 0.474. The summed E-state index contributed by atoms with van der Waals surface area (Å²) in [5.41, 5.74) is 1.74. The molecule has 2 heterocycles. The molecule has 134 valence electrons. The van der Waals surface area contributed by atoms with Gasteiger partial charge < -0.3 is 19.9 Å².